The van der Waals surface area contributed by atoms with E-state index in [9.17, 15) is 19.2 Å². The van der Waals surface area contributed by atoms with Crippen molar-refractivity contribution in [2.24, 2.45) is 11.7 Å². The van der Waals surface area contributed by atoms with Crippen molar-refractivity contribution in [3.05, 3.63) is 70.5 Å². The lowest BCUT2D eigenvalue weighted by atomic mass is 9.92. The molecule has 11 nitrogen and oxygen atoms in total. The third-order valence-electron chi connectivity index (χ3n) is 6.55. The number of para-hydroxylation sites is 1. The smallest absolute Gasteiger partial charge is 0.258 e. The van der Waals surface area contributed by atoms with E-state index in [4.69, 9.17) is 10.5 Å². The zero-order valence-electron chi connectivity index (χ0n) is 19.9. The van der Waals surface area contributed by atoms with E-state index in [1.165, 1.54) is 0 Å². The number of carbonyl (C=O) groups excluding carboxylic acids is 3. The number of aromatic nitrogens is 2. The van der Waals surface area contributed by atoms with E-state index in [0.29, 0.717) is 43.1 Å². The summed E-state index contributed by atoms with van der Waals surface area (Å²) in [6, 6.07) is 16.1. The van der Waals surface area contributed by atoms with Crippen molar-refractivity contribution >= 4 is 35.2 Å². The van der Waals surface area contributed by atoms with Crippen LogP contribution in [0.25, 0.3) is 0 Å². The van der Waals surface area contributed by atoms with Crippen LogP contribution in [0, 0.1) is 5.92 Å². The number of nitrogens with one attached hydrogen (secondary N) is 3. The normalized spacial score (nSPS) is 17.5. The molecule has 3 amide bonds. The fourth-order valence-electron chi connectivity index (χ4n) is 4.57. The zero-order valence-corrected chi connectivity index (χ0v) is 19.9. The Labute approximate surface area is 212 Å². The maximum absolute atomic E-state index is 13.1. The Hall–Kier alpha value is -4.67. The van der Waals surface area contributed by atoms with Gasteiger partial charge in [-0.3, -0.25) is 24.2 Å². The molecule has 0 bridgehead atoms. The minimum absolute atomic E-state index is 0.0683. The van der Waals surface area contributed by atoms with Crippen molar-refractivity contribution in [2.45, 2.75) is 25.2 Å². The fourth-order valence-corrected chi connectivity index (χ4v) is 4.57. The van der Waals surface area contributed by atoms with Crippen molar-refractivity contribution in [3.8, 4) is 11.5 Å². The second-order valence-corrected chi connectivity index (χ2v) is 9.05. The summed E-state index contributed by atoms with van der Waals surface area (Å²) in [5.41, 5.74) is 5.51. The van der Waals surface area contributed by atoms with E-state index in [0.717, 1.165) is 0 Å². The number of H-pyrrole nitrogens is 1. The maximum Gasteiger partial charge on any atom is 0.258 e. The van der Waals surface area contributed by atoms with Crippen LogP contribution in [-0.4, -0.2) is 40.8 Å². The number of piperidine rings is 1. The summed E-state index contributed by atoms with van der Waals surface area (Å²) in [5.74, 6) is -0.827. The highest BCUT2D eigenvalue weighted by molar-refractivity contribution is 6.04. The number of fused-ring (bicyclic) bond motifs is 1. The number of carbonyl (C=O) groups is 3. The minimum Gasteiger partial charge on any atom is -0.457 e. The van der Waals surface area contributed by atoms with Gasteiger partial charge in [0, 0.05) is 31.1 Å². The zero-order chi connectivity index (χ0) is 25.9. The molecule has 2 aliphatic heterocycles. The van der Waals surface area contributed by atoms with Gasteiger partial charge >= 0.3 is 0 Å². The first-order valence-corrected chi connectivity index (χ1v) is 12.0. The van der Waals surface area contributed by atoms with Gasteiger partial charge in [-0.15, -0.1) is 0 Å². The third kappa shape index (κ3) is 5.30. The average molecular weight is 503 g/mol. The molecule has 0 spiro atoms. The highest BCUT2D eigenvalue weighted by Crippen LogP contribution is 2.31. The third-order valence-corrected chi connectivity index (χ3v) is 6.55. The monoisotopic (exact) mass is 502 g/mol. The van der Waals surface area contributed by atoms with Crippen LogP contribution in [0.15, 0.2) is 59.4 Å². The number of hydrogen-bond donors (Lipinski definition) is 4. The van der Waals surface area contributed by atoms with Gasteiger partial charge in [-0.05, 0) is 49.2 Å². The largest absolute Gasteiger partial charge is 0.457 e. The van der Waals surface area contributed by atoms with E-state index in [2.05, 4.69) is 20.6 Å². The molecular formula is C26H26N6O5. The molecule has 2 aliphatic rings. The highest BCUT2D eigenvalue weighted by Gasteiger charge is 2.35. The molecule has 190 valence electrons. The van der Waals surface area contributed by atoms with Crippen LogP contribution in [-0.2, 0) is 14.4 Å². The molecule has 5 N–H and O–H groups in total. The summed E-state index contributed by atoms with van der Waals surface area (Å²) >= 11 is 0. The summed E-state index contributed by atoms with van der Waals surface area (Å²) in [7, 11) is 0. The predicted octanol–water partition coefficient (Wildman–Crippen LogP) is 2.33. The van der Waals surface area contributed by atoms with Gasteiger partial charge in [0.1, 0.15) is 17.3 Å². The molecule has 1 atom stereocenters. The predicted molar refractivity (Wildman–Crippen MR) is 137 cm³/mol. The molecule has 1 saturated heterocycles. The van der Waals surface area contributed by atoms with Crippen LogP contribution in [0.1, 0.15) is 30.7 Å². The molecule has 1 aromatic heterocycles. The SMILES string of the molecule is NC(=O)C1CCN(c2nc3c(c(=O)[nH]2)[C@H](C(=O)Nc2ccc(Oc4ccccc4)cc2)CC(=O)N3)CC1. The maximum atomic E-state index is 13.1. The quantitative estimate of drug-likeness (QED) is 0.402. The van der Waals surface area contributed by atoms with E-state index < -0.39 is 23.3 Å². The van der Waals surface area contributed by atoms with E-state index in [1.54, 1.807) is 24.3 Å². The first-order valence-electron chi connectivity index (χ1n) is 12.0. The van der Waals surface area contributed by atoms with Gasteiger partial charge in [-0.1, -0.05) is 18.2 Å². The summed E-state index contributed by atoms with van der Waals surface area (Å²) in [6.45, 7) is 0.967. The summed E-state index contributed by atoms with van der Waals surface area (Å²) in [5, 5.41) is 5.39. The number of rotatable bonds is 6. The van der Waals surface area contributed by atoms with Gasteiger partial charge in [-0.25, -0.2) is 0 Å². The first-order chi connectivity index (χ1) is 17.9. The molecule has 0 aliphatic carbocycles. The second kappa shape index (κ2) is 10.1. The second-order valence-electron chi connectivity index (χ2n) is 9.05. The number of hydrogen-bond acceptors (Lipinski definition) is 7. The number of anilines is 3. The Morgan fingerprint density at radius 3 is 2.35 bits per heavy atom. The summed E-state index contributed by atoms with van der Waals surface area (Å²) in [4.78, 5) is 59.0. The van der Waals surface area contributed by atoms with Gasteiger partial charge in [0.25, 0.3) is 5.56 Å². The lowest BCUT2D eigenvalue weighted by Gasteiger charge is -2.32. The van der Waals surface area contributed by atoms with E-state index in [1.807, 2.05) is 35.2 Å². The fraction of sp³-hybridized carbons (Fsp3) is 0.269. The van der Waals surface area contributed by atoms with E-state index in [-0.39, 0.29) is 35.6 Å². The van der Waals surface area contributed by atoms with Crippen LogP contribution in [0.5, 0.6) is 11.5 Å². The number of primary amides is 1. The Morgan fingerprint density at radius 1 is 1.00 bits per heavy atom. The molecule has 3 heterocycles. The Morgan fingerprint density at radius 2 is 1.68 bits per heavy atom. The molecule has 11 heteroatoms. The Bertz CT molecular complexity index is 1380. The molecule has 1 fully saturated rings. The standard InChI is InChI=1S/C26H26N6O5/c27-22(34)15-10-12-32(13-11-15)26-30-23-21(25(36)31-26)19(14-20(33)29-23)24(35)28-16-6-8-18(9-7-16)37-17-4-2-1-3-5-17/h1-9,15,19H,10-14H2,(H2,27,34)(H,28,35)(H2,29,30,31,33,36)/t19-/m1/s1. The van der Waals surface area contributed by atoms with Crippen LogP contribution in [0.4, 0.5) is 17.5 Å². The van der Waals surface area contributed by atoms with Crippen LogP contribution >= 0.6 is 0 Å². The average Bonchev–Trinajstić information content (AvgIpc) is 2.89. The summed E-state index contributed by atoms with van der Waals surface area (Å²) in [6.07, 6.45) is 0.910. The Kier molecular flexibility index (Phi) is 6.59. The molecule has 0 saturated carbocycles. The van der Waals surface area contributed by atoms with Gasteiger partial charge in [-0.2, -0.15) is 4.98 Å². The molecular weight excluding hydrogens is 476 g/mol. The molecule has 5 rings (SSSR count). The number of nitrogens with two attached hydrogens (primary N) is 1. The van der Waals surface area contributed by atoms with Gasteiger partial charge < -0.3 is 26.0 Å². The number of amides is 3. The lowest BCUT2D eigenvalue weighted by Crippen LogP contribution is -2.41. The van der Waals surface area contributed by atoms with Gasteiger partial charge in [0.2, 0.25) is 23.7 Å². The number of benzene rings is 2. The van der Waals surface area contributed by atoms with Crippen LogP contribution < -0.4 is 31.6 Å². The molecule has 3 aromatic rings. The molecule has 37 heavy (non-hydrogen) atoms. The Balaban J connectivity index is 1.31. The molecule has 2 aromatic carbocycles. The van der Waals surface area contributed by atoms with Crippen LogP contribution in [0.2, 0.25) is 0 Å². The number of nitrogens with zero attached hydrogens (tertiary/aromatic N) is 2. The lowest BCUT2D eigenvalue weighted by molar-refractivity contribution is -0.123. The topological polar surface area (TPSA) is 160 Å². The van der Waals surface area contributed by atoms with Crippen molar-refractivity contribution in [3.63, 3.8) is 0 Å². The number of ether oxygens (including phenoxy) is 1. The van der Waals surface area contributed by atoms with Crippen molar-refractivity contribution in [2.75, 3.05) is 28.6 Å². The first kappa shape index (κ1) is 24.0. The highest BCUT2D eigenvalue weighted by atomic mass is 16.5. The van der Waals surface area contributed by atoms with Crippen molar-refractivity contribution < 1.29 is 19.1 Å². The van der Waals surface area contributed by atoms with Gasteiger partial charge in [0.05, 0.1) is 11.5 Å². The summed E-state index contributed by atoms with van der Waals surface area (Å²) < 4.78 is 5.76. The molecule has 0 radical (unpaired) electrons. The minimum atomic E-state index is -1.00. The van der Waals surface area contributed by atoms with Crippen molar-refractivity contribution in [1.82, 2.24) is 9.97 Å². The van der Waals surface area contributed by atoms with E-state index >= 15 is 0 Å². The van der Waals surface area contributed by atoms with Crippen LogP contribution in [0.3, 0.4) is 0 Å². The number of aromatic amines is 1. The van der Waals surface area contributed by atoms with Crippen molar-refractivity contribution in [1.29, 1.82) is 0 Å². The molecule has 0 unspecified atom stereocenters. The van der Waals surface area contributed by atoms with Gasteiger partial charge in [0.15, 0.2) is 0 Å².